The summed E-state index contributed by atoms with van der Waals surface area (Å²) in [5.41, 5.74) is -0.236. The Kier molecular flexibility index (Phi) is 3.41. The van der Waals surface area contributed by atoms with Gasteiger partial charge in [0.05, 0.1) is 12.2 Å². The molecular formula is C14H22O3. The van der Waals surface area contributed by atoms with Crippen LogP contribution in [0.2, 0.25) is 0 Å². The number of allylic oxidation sites excluding steroid dienone is 1. The van der Waals surface area contributed by atoms with Crippen molar-refractivity contribution in [2.45, 2.75) is 57.3 Å². The summed E-state index contributed by atoms with van der Waals surface area (Å²) in [6.45, 7) is 8.27. The summed E-state index contributed by atoms with van der Waals surface area (Å²) in [5.74, 6) is 0.133. The maximum Gasteiger partial charge on any atom is 0.163 e. The van der Waals surface area contributed by atoms with Crippen LogP contribution in [-0.4, -0.2) is 23.8 Å². The maximum atomic E-state index is 11.6. The SMILES string of the molecule is C=CCC[C@@H]1CC(=O)CC[C@]12COC(C)(C)O2. The van der Waals surface area contributed by atoms with E-state index in [9.17, 15) is 4.79 Å². The van der Waals surface area contributed by atoms with Crippen molar-refractivity contribution in [2.75, 3.05) is 6.61 Å². The van der Waals surface area contributed by atoms with Gasteiger partial charge in [0.25, 0.3) is 0 Å². The first-order valence-corrected chi connectivity index (χ1v) is 6.44. The van der Waals surface area contributed by atoms with Crippen LogP contribution in [0.1, 0.15) is 46.0 Å². The second-order valence-corrected chi connectivity index (χ2v) is 5.66. The number of ether oxygens (including phenoxy) is 2. The molecule has 0 aromatic carbocycles. The van der Waals surface area contributed by atoms with Crippen molar-refractivity contribution in [3.8, 4) is 0 Å². The van der Waals surface area contributed by atoms with Crippen molar-refractivity contribution in [3.63, 3.8) is 0 Å². The van der Waals surface area contributed by atoms with E-state index < -0.39 is 5.79 Å². The molecule has 1 aliphatic heterocycles. The summed E-state index contributed by atoms with van der Waals surface area (Å²) in [6, 6.07) is 0. The summed E-state index contributed by atoms with van der Waals surface area (Å²) >= 11 is 0. The second kappa shape index (κ2) is 4.54. The Morgan fingerprint density at radius 1 is 1.53 bits per heavy atom. The van der Waals surface area contributed by atoms with Gasteiger partial charge in [-0.25, -0.2) is 0 Å². The van der Waals surface area contributed by atoms with E-state index in [2.05, 4.69) is 6.58 Å². The zero-order chi connectivity index (χ0) is 12.5. The van der Waals surface area contributed by atoms with Crippen molar-refractivity contribution < 1.29 is 14.3 Å². The number of hydrogen-bond donors (Lipinski definition) is 0. The normalized spacial score (nSPS) is 36.4. The van der Waals surface area contributed by atoms with Crippen LogP contribution in [-0.2, 0) is 14.3 Å². The Hall–Kier alpha value is -0.670. The summed E-state index contributed by atoms with van der Waals surface area (Å²) < 4.78 is 11.8. The van der Waals surface area contributed by atoms with Crippen LogP contribution in [0.4, 0.5) is 0 Å². The Balaban J connectivity index is 2.12. The van der Waals surface area contributed by atoms with E-state index in [1.54, 1.807) is 0 Å². The molecule has 1 saturated carbocycles. The fourth-order valence-electron chi connectivity index (χ4n) is 2.97. The predicted octanol–water partition coefficient (Wildman–Crippen LogP) is 2.84. The van der Waals surface area contributed by atoms with Crippen LogP contribution >= 0.6 is 0 Å². The Bertz CT molecular complexity index is 321. The highest BCUT2D eigenvalue weighted by atomic mass is 16.8. The molecule has 0 aromatic rings. The van der Waals surface area contributed by atoms with Crippen molar-refractivity contribution in [2.24, 2.45) is 5.92 Å². The third-order valence-corrected chi connectivity index (χ3v) is 3.88. The molecule has 0 amide bonds. The molecule has 0 radical (unpaired) electrons. The number of rotatable bonds is 3. The molecule has 0 unspecified atom stereocenters. The van der Waals surface area contributed by atoms with E-state index in [-0.39, 0.29) is 11.5 Å². The maximum absolute atomic E-state index is 11.6. The lowest BCUT2D eigenvalue weighted by atomic mass is 9.73. The molecule has 1 heterocycles. The van der Waals surface area contributed by atoms with Gasteiger partial charge in [0, 0.05) is 12.8 Å². The lowest BCUT2D eigenvalue weighted by molar-refractivity contribution is -0.182. The largest absolute Gasteiger partial charge is 0.347 e. The molecule has 0 bridgehead atoms. The molecule has 0 aromatic heterocycles. The van der Waals surface area contributed by atoms with Gasteiger partial charge in [0.1, 0.15) is 5.78 Å². The summed E-state index contributed by atoms with van der Waals surface area (Å²) in [6.07, 6.45) is 5.88. The minimum absolute atomic E-state index is 0.236. The fourth-order valence-corrected chi connectivity index (χ4v) is 2.97. The van der Waals surface area contributed by atoms with Gasteiger partial charge in [-0.2, -0.15) is 0 Å². The van der Waals surface area contributed by atoms with E-state index in [4.69, 9.17) is 9.47 Å². The van der Waals surface area contributed by atoms with E-state index in [0.29, 0.717) is 25.2 Å². The zero-order valence-corrected chi connectivity index (χ0v) is 10.8. The van der Waals surface area contributed by atoms with E-state index >= 15 is 0 Å². The van der Waals surface area contributed by atoms with Crippen molar-refractivity contribution in [1.82, 2.24) is 0 Å². The van der Waals surface area contributed by atoms with Crippen LogP contribution in [0.5, 0.6) is 0 Å². The monoisotopic (exact) mass is 238 g/mol. The standard InChI is InChI=1S/C14H22O3/c1-4-5-6-11-9-12(15)7-8-14(11)10-16-13(2,3)17-14/h4,11H,1,5-10H2,2-3H3/t11-,14+/m1/s1. The highest BCUT2D eigenvalue weighted by Gasteiger charge is 2.52. The first-order chi connectivity index (χ1) is 7.97. The zero-order valence-electron chi connectivity index (χ0n) is 10.8. The Morgan fingerprint density at radius 3 is 2.88 bits per heavy atom. The molecular weight excluding hydrogens is 216 g/mol. The van der Waals surface area contributed by atoms with E-state index in [0.717, 1.165) is 19.3 Å². The molecule has 1 saturated heterocycles. The van der Waals surface area contributed by atoms with Gasteiger partial charge >= 0.3 is 0 Å². The van der Waals surface area contributed by atoms with Crippen LogP contribution in [0.3, 0.4) is 0 Å². The molecule has 2 atom stereocenters. The second-order valence-electron chi connectivity index (χ2n) is 5.66. The van der Waals surface area contributed by atoms with Gasteiger partial charge in [0.2, 0.25) is 0 Å². The molecule has 2 fully saturated rings. The minimum Gasteiger partial charge on any atom is -0.347 e. The van der Waals surface area contributed by atoms with Crippen molar-refractivity contribution in [3.05, 3.63) is 12.7 Å². The number of carbonyl (C=O) groups excluding carboxylic acids is 1. The first-order valence-electron chi connectivity index (χ1n) is 6.44. The molecule has 3 heteroatoms. The summed E-state index contributed by atoms with van der Waals surface area (Å²) in [4.78, 5) is 11.6. The molecule has 17 heavy (non-hydrogen) atoms. The molecule has 2 rings (SSSR count). The number of hydrogen-bond acceptors (Lipinski definition) is 3. The average molecular weight is 238 g/mol. The molecule has 1 aliphatic carbocycles. The van der Waals surface area contributed by atoms with Gasteiger partial charge in [-0.15, -0.1) is 6.58 Å². The highest BCUT2D eigenvalue weighted by molar-refractivity contribution is 5.79. The van der Waals surface area contributed by atoms with Crippen LogP contribution in [0.25, 0.3) is 0 Å². The van der Waals surface area contributed by atoms with Crippen LogP contribution in [0, 0.1) is 5.92 Å². The lowest BCUT2D eigenvalue weighted by Gasteiger charge is -2.39. The van der Waals surface area contributed by atoms with Crippen molar-refractivity contribution >= 4 is 5.78 Å². The highest BCUT2D eigenvalue weighted by Crippen LogP contribution is 2.45. The third kappa shape index (κ3) is 2.61. The lowest BCUT2D eigenvalue weighted by Crippen LogP contribution is -2.46. The van der Waals surface area contributed by atoms with E-state index in [1.807, 2.05) is 19.9 Å². The van der Waals surface area contributed by atoms with Crippen LogP contribution in [0.15, 0.2) is 12.7 Å². The van der Waals surface area contributed by atoms with Gasteiger partial charge in [-0.1, -0.05) is 6.08 Å². The molecule has 0 N–H and O–H groups in total. The number of ketones is 1. The fraction of sp³-hybridized carbons (Fsp3) is 0.786. The third-order valence-electron chi connectivity index (χ3n) is 3.88. The minimum atomic E-state index is -0.507. The van der Waals surface area contributed by atoms with E-state index in [1.165, 1.54) is 0 Å². The van der Waals surface area contributed by atoms with Gasteiger partial charge in [0.15, 0.2) is 5.79 Å². The van der Waals surface area contributed by atoms with Gasteiger partial charge in [-0.05, 0) is 39.0 Å². The van der Waals surface area contributed by atoms with Crippen LogP contribution < -0.4 is 0 Å². The van der Waals surface area contributed by atoms with Crippen molar-refractivity contribution in [1.29, 1.82) is 0 Å². The Morgan fingerprint density at radius 2 is 2.29 bits per heavy atom. The molecule has 3 nitrogen and oxygen atoms in total. The summed E-state index contributed by atoms with van der Waals surface area (Å²) in [7, 11) is 0. The quantitative estimate of drug-likeness (QED) is 0.709. The molecule has 96 valence electrons. The number of carbonyl (C=O) groups is 1. The molecule has 2 aliphatic rings. The predicted molar refractivity (Wildman–Crippen MR) is 65.6 cm³/mol. The smallest absolute Gasteiger partial charge is 0.163 e. The molecule has 1 spiro atoms. The topological polar surface area (TPSA) is 35.5 Å². The number of Topliss-reactive ketones (excluding diaryl/α,β-unsaturated/α-hetero) is 1. The summed E-state index contributed by atoms with van der Waals surface area (Å²) in [5, 5.41) is 0. The Labute approximate surface area is 103 Å². The van der Waals surface area contributed by atoms with Gasteiger partial charge in [-0.3, -0.25) is 4.79 Å². The average Bonchev–Trinajstić information content (AvgIpc) is 2.57. The van der Waals surface area contributed by atoms with Gasteiger partial charge < -0.3 is 9.47 Å². The first kappa shape index (κ1) is 12.8.